The maximum Gasteiger partial charge on any atom is 0.339 e. The summed E-state index contributed by atoms with van der Waals surface area (Å²) in [6.07, 6.45) is 3.74. The van der Waals surface area contributed by atoms with Crippen molar-refractivity contribution in [3.63, 3.8) is 0 Å². The molecular weight excluding hydrogens is 310 g/mol. The van der Waals surface area contributed by atoms with Gasteiger partial charge in [0.25, 0.3) is 11.5 Å². The second kappa shape index (κ2) is 6.27. The van der Waals surface area contributed by atoms with Crippen molar-refractivity contribution in [3.05, 3.63) is 63.3 Å². The lowest BCUT2D eigenvalue weighted by molar-refractivity contribution is 0.0598. The fourth-order valence-electron chi connectivity index (χ4n) is 2.73. The fraction of sp³-hybridized carbons (Fsp3) is 0.294. The minimum atomic E-state index is -0.491. The molecular formula is C17H17N3O4. The van der Waals surface area contributed by atoms with Crippen LogP contribution in [0, 0.1) is 0 Å². The number of hydrogen-bond acceptors (Lipinski definition) is 5. The zero-order valence-electron chi connectivity index (χ0n) is 13.5. The summed E-state index contributed by atoms with van der Waals surface area (Å²) in [5.74, 6) is -0.694. The van der Waals surface area contributed by atoms with Crippen molar-refractivity contribution < 1.29 is 14.3 Å². The first-order valence-corrected chi connectivity index (χ1v) is 7.51. The van der Waals surface area contributed by atoms with Crippen LogP contribution in [0.15, 0.2) is 35.4 Å². The molecule has 0 spiro atoms. The zero-order chi connectivity index (χ0) is 17.3. The van der Waals surface area contributed by atoms with Crippen molar-refractivity contribution in [3.8, 4) is 0 Å². The molecule has 0 aromatic carbocycles. The normalized spacial score (nSPS) is 13.3. The maximum atomic E-state index is 12.6. The minimum Gasteiger partial charge on any atom is -0.465 e. The molecule has 1 aliphatic heterocycles. The Morgan fingerprint density at radius 3 is 2.71 bits per heavy atom. The third-order valence-corrected chi connectivity index (χ3v) is 4.11. The Labute approximate surface area is 138 Å². The number of hydrogen-bond donors (Lipinski definition) is 0. The number of aryl methyl sites for hydroxylation is 1. The van der Waals surface area contributed by atoms with Crippen LogP contribution in [0.2, 0.25) is 0 Å². The molecule has 0 radical (unpaired) electrons. The van der Waals surface area contributed by atoms with Gasteiger partial charge in [0.2, 0.25) is 0 Å². The summed E-state index contributed by atoms with van der Waals surface area (Å²) in [5, 5.41) is 0. The van der Waals surface area contributed by atoms with Gasteiger partial charge >= 0.3 is 5.97 Å². The average Bonchev–Trinajstić information content (AvgIpc) is 2.61. The molecule has 0 N–H and O–H groups in total. The van der Waals surface area contributed by atoms with Crippen molar-refractivity contribution in [1.82, 2.24) is 14.5 Å². The molecule has 2 aromatic heterocycles. The summed E-state index contributed by atoms with van der Waals surface area (Å²) in [7, 11) is 2.98. The van der Waals surface area contributed by atoms with Crippen molar-refractivity contribution in [2.75, 3.05) is 13.7 Å². The topological polar surface area (TPSA) is 81.5 Å². The molecule has 7 nitrogen and oxygen atoms in total. The lowest BCUT2D eigenvalue weighted by Gasteiger charge is -2.28. The van der Waals surface area contributed by atoms with Crippen LogP contribution in [0.4, 0.5) is 0 Å². The Morgan fingerprint density at radius 1 is 1.25 bits per heavy atom. The van der Waals surface area contributed by atoms with E-state index in [1.807, 2.05) is 0 Å². The third kappa shape index (κ3) is 2.92. The van der Waals surface area contributed by atoms with Crippen LogP contribution in [-0.2, 0) is 24.8 Å². The van der Waals surface area contributed by atoms with E-state index in [1.54, 1.807) is 24.2 Å². The number of aromatic nitrogens is 2. The number of methoxy groups -OCH3 is 1. The first-order chi connectivity index (χ1) is 11.5. The Hall–Kier alpha value is -2.96. The number of nitrogens with zero attached hydrogens (tertiary/aromatic N) is 3. The van der Waals surface area contributed by atoms with Gasteiger partial charge in [0.1, 0.15) is 5.69 Å². The van der Waals surface area contributed by atoms with Crippen molar-refractivity contribution in [2.24, 2.45) is 7.05 Å². The number of pyridine rings is 2. The predicted molar refractivity (Wildman–Crippen MR) is 85.7 cm³/mol. The van der Waals surface area contributed by atoms with Crippen molar-refractivity contribution in [1.29, 1.82) is 0 Å². The predicted octanol–water partition coefficient (Wildman–Crippen LogP) is 0.765. The second-order valence-corrected chi connectivity index (χ2v) is 5.67. The smallest absolute Gasteiger partial charge is 0.339 e. The minimum absolute atomic E-state index is 0.0476. The molecule has 3 rings (SSSR count). The molecule has 1 amide bonds. The standard InChI is InChI=1S/C17H17N3O4/c1-19-9-13-10-20(6-5-11(13)7-15(19)21)16(22)14-4-3-12(8-18-14)17(23)24-2/h3-4,7-9H,5-6,10H2,1-2H3. The highest BCUT2D eigenvalue weighted by Crippen LogP contribution is 2.18. The van der Waals surface area contributed by atoms with Crippen molar-refractivity contribution >= 4 is 11.9 Å². The van der Waals surface area contributed by atoms with E-state index in [0.717, 1.165) is 11.1 Å². The number of ether oxygens (including phenoxy) is 1. The number of esters is 1. The van der Waals surface area contributed by atoms with Crippen LogP contribution < -0.4 is 5.56 Å². The van der Waals surface area contributed by atoms with E-state index in [-0.39, 0.29) is 17.2 Å². The highest BCUT2D eigenvalue weighted by Gasteiger charge is 2.23. The highest BCUT2D eigenvalue weighted by molar-refractivity contribution is 5.94. The van der Waals surface area contributed by atoms with Crippen LogP contribution in [0.3, 0.4) is 0 Å². The second-order valence-electron chi connectivity index (χ2n) is 5.67. The van der Waals surface area contributed by atoms with Crippen LogP contribution in [0.25, 0.3) is 0 Å². The maximum absolute atomic E-state index is 12.6. The zero-order valence-corrected chi connectivity index (χ0v) is 13.5. The quantitative estimate of drug-likeness (QED) is 0.761. The molecule has 0 fully saturated rings. The summed E-state index contributed by atoms with van der Waals surface area (Å²) < 4.78 is 6.12. The first kappa shape index (κ1) is 15.9. The van der Waals surface area contributed by atoms with E-state index in [2.05, 4.69) is 9.72 Å². The molecule has 0 saturated heterocycles. The van der Waals surface area contributed by atoms with E-state index in [0.29, 0.717) is 25.1 Å². The molecule has 3 heterocycles. The van der Waals surface area contributed by atoms with Gasteiger partial charge in [-0.3, -0.25) is 14.6 Å². The van der Waals surface area contributed by atoms with E-state index >= 15 is 0 Å². The molecule has 124 valence electrons. The summed E-state index contributed by atoms with van der Waals surface area (Å²) in [4.78, 5) is 41.4. The molecule has 0 unspecified atom stereocenters. The first-order valence-electron chi connectivity index (χ1n) is 7.51. The van der Waals surface area contributed by atoms with Crippen LogP contribution in [0.1, 0.15) is 32.0 Å². The number of amides is 1. The monoisotopic (exact) mass is 327 g/mol. The fourth-order valence-corrected chi connectivity index (χ4v) is 2.73. The summed E-state index contributed by atoms with van der Waals surface area (Å²) in [6, 6.07) is 4.67. The molecule has 1 aliphatic rings. The number of fused-ring (bicyclic) bond motifs is 1. The molecule has 0 atom stereocenters. The molecule has 0 saturated carbocycles. The van der Waals surface area contributed by atoms with Gasteiger partial charge in [-0.2, -0.15) is 0 Å². The van der Waals surface area contributed by atoms with Crippen LogP contribution in [-0.4, -0.2) is 40.0 Å². The molecule has 0 aliphatic carbocycles. The lowest BCUT2D eigenvalue weighted by atomic mass is 10.0. The average molecular weight is 327 g/mol. The summed E-state index contributed by atoms with van der Waals surface area (Å²) in [5.41, 5.74) is 2.47. The van der Waals surface area contributed by atoms with E-state index in [1.165, 1.54) is 30.0 Å². The van der Waals surface area contributed by atoms with E-state index in [4.69, 9.17) is 0 Å². The van der Waals surface area contributed by atoms with E-state index in [9.17, 15) is 14.4 Å². The summed E-state index contributed by atoms with van der Waals surface area (Å²) >= 11 is 0. The van der Waals surface area contributed by atoms with Crippen LogP contribution in [0.5, 0.6) is 0 Å². The van der Waals surface area contributed by atoms with Crippen LogP contribution >= 0.6 is 0 Å². The Balaban J connectivity index is 1.80. The van der Waals surface area contributed by atoms with Gasteiger partial charge in [0.05, 0.1) is 12.7 Å². The molecule has 2 aromatic rings. The van der Waals surface area contributed by atoms with Gasteiger partial charge in [0.15, 0.2) is 0 Å². The third-order valence-electron chi connectivity index (χ3n) is 4.11. The van der Waals surface area contributed by atoms with Gasteiger partial charge in [0, 0.05) is 38.6 Å². The lowest BCUT2D eigenvalue weighted by Crippen LogP contribution is -2.37. The van der Waals surface area contributed by atoms with Gasteiger partial charge in [-0.1, -0.05) is 0 Å². The molecule has 7 heteroatoms. The van der Waals surface area contributed by atoms with Gasteiger partial charge < -0.3 is 14.2 Å². The number of carbonyl (C=O) groups is 2. The van der Waals surface area contributed by atoms with Crippen molar-refractivity contribution in [2.45, 2.75) is 13.0 Å². The molecule has 0 bridgehead atoms. The Bertz CT molecular complexity index is 855. The Kier molecular flexibility index (Phi) is 4.16. The number of rotatable bonds is 2. The Morgan fingerprint density at radius 2 is 2.04 bits per heavy atom. The van der Waals surface area contributed by atoms with Gasteiger partial charge in [-0.05, 0) is 29.7 Å². The van der Waals surface area contributed by atoms with Gasteiger partial charge in [-0.25, -0.2) is 4.79 Å². The highest BCUT2D eigenvalue weighted by atomic mass is 16.5. The molecule has 24 heavy (non-hydrogen) atoms. The SMILES string of the molecule is COC(=O)c1ccc(C(=O)N2CCc3cc(=O)n(C)cc3C2)nc1. The van der Waals surface area contributed by atoms with Gasteiger partial charge in [-0.15, -0.1) is 0 Å². The number of carbonyl (C=O) groups excluding carboxylic acids is 2. The van der Waals surface area contributed by atoms with E-state index < -0.39 is 5.97 Å². The largest absolute Gasteiger partial charge is 0.465 e. The summed E-state index contributed by atoms with van der Waals surface area (Å²) in [6.45, 7) is 0.960.